The molecule has 7 rings (SSSR count). The molecular formula is C51H57NO14. The monoisotopic (exact) mass is 907 g/mol. The highest BCUT2D eigenvalue weighted by Gasteiger charge is 2.78. The van der Waals surface area contributed by atoms with Gasteiger partial charge in [-0.2, -0.15) is 0 Å². The molecule has 4 aliphatic rings. The number of carbonyl (C=O) groups is 7. The summed E-state index contributed by atoms with van der Waals surface area (Å²) >= 11 is 0. The highest BCUT2D eigenvalue weighted by atomic mass is 16.6. The maximum Gasteiger partial charge on any atom is 0.338 e. The number of fused-ring (bicyclic) bond motifs is 5. The van der Waals surface area contributed by atoms with Crippen LogP contribution in [-0.2, 0) is 47.7 Å². The van der Waals surface area contributed by atoms with Crippen molar-refractivity contribution in [2.45, 2.75) is 122 Å². The van der Waals surface area contributed by atoms with Crippen LogP contribution in [0.5, 0.6) is 0 Å². The van der Waals surface area contributed by atoms with Gasteiger partial charge in [0.1, 0.15) is 17.8 Å². The third-order valence-corrected chi connectivity index (χ3v) is 14.5. The molecule has 66 heavy (non-hydrogen) atoms. The van der Waals surface area contributed by atoms with Crippen molar-refractivity contribution in [1.29, 1.82) is 0 Å². The van der Waals surface area contributed by atoms with E-state index in [2.05, 4.69) is 5.32 Å². The SMILES string of the molecule is CCC(=O)OC(C(=O)CC1C[C@@]2(O)C(OC(=O)c3ccccc3)C3[C@](C)(C(=O)[C@H](OC(C)=O)C(=C1C)C2(C)C)[C@@H](O)C[C@H]1OC[C@@]31OC(C)=O)C(NC(=O)c1ccccc1)c1ccccc1. The topological polar surface area (TPSA) is 218 Å². The number of allylic oxidation sites excluding steroid dienone is 1. The van der Waals surface area contributed by atoms with Gasteiger partial charge in [0.15, 0.2) is 29.4 Å². The molecular weight excluding hydrogens is 851 g/mol. The van der Waals surface area contributed by atoms with Gasteiger partial charge < -0.3 is 39.2 Å². The molecule has 0 radical (unpaired) electrons. The molecule has 5 unspecified atom stereocenters. The highest BCUT2D eigenvalue weighted by Crippen LogP contribution is 2.65. The molecule has 15 nitrogen and oxygen atoms in total. The molecule has 11 atom stereocenters. The fourth-order valence-corrected chi connectivity index (χ4v) is 11.0. The molecule has 0 spiro atoms. The summed E-state index contributed by atoms with van der Waals surface area (Å²) in [5, 5.41) is 29.0. The zero-order valence-electron chi connectivity index (χ0n) is 38.1. The van der Waals surface area contributed by atoms with Gasteiger partial charge in [0, 0.05) is 44.1 Å². The van der Waals surface area contributed by atoms with Crippen molar-refractivity contribution in [3.63, 3.8) is 0 Å². The van der Waals surface area contributed by atoms with E-state index in [4.69, 9.17) is 23.7 Å². The number of aliphatic hydroxyl groups is 2. The normalized spacial score (nSPS) is 30.6. The second kappa shape index (κ2) is 18.3. The van der Waals surface area contributed by atoms with Gasteiger partial charge in [0.2, 0.25) is 0 Å². The molecule has 3 N–H and O–H groups in total. The van der Waals surface area contributed by atoms with E-state index in [-0.39, 0.29) is 42.6 Å². The zero-order chi connectivity index (χ0) is 47.9. The van der Waals surface area contributed by atoms with Gasteiger partial charge in [-0.3, -0.25) is 28.8 Å². The number of hydrogen-bond acceptors (Lipinski definition) is 14. The molecule has 2 bridgehead atoms. The number of nitrogens with one attached hydrogen (secondary N) is 1. The Morgan fingerprint density at radius 3 is 1.98 bits per heavy atom. The van der Waals surface area contributed by atoms with Crippen molar-refractivity contribution in [2.24, 2.45) is 22.7 Å². The van der Waals surface area contributed by atoms with E-state index in [9.17, 15) is 34.2 Å². The predicted molar refractivity (Wildman–Crippen MR) is 235 cm³/mol. The van der Waals surface area contributed by atoms with Crippen LogP contribution < -0.4 is 5.32 Å². The molecule has 1 aliphatic heterocycles. The van der Waals surface area contributed by atoms with Crippen molar-refractivity contribution in [2.75, 3.05) is 6.61 Å². The van der Waals surface area contributed by atoms with Gasteiger partial charge in [0.25, 0.3) is 5.91 Å². The average Bonchev–Trinajstić information content (AvgIpc) is 3.28. The Bertz CT molecular complexity index is 2420. The van der Waals surface area contributed by atoms with Gasteiger partial charge in [0.05, 0.1) is 35.6 Å². The summed E-state index contributed by atoms with van der Waals surface area (Å²) in [7, 11) is 0. The summed E-state index contributed by atoms with van der Waals surface area (Å²) in [5.41, 5.74) is -6.40. The first-order valence-corrected chi connectivity index (χ1v) is 22.2. The molecule has 2 saturated carbocycles. The number of ketones is 2. The minimum atomic E-state index is -2.30. The molecule has 1 heterocycles. The number of aliphatic hydroxyl groups excluding tert-OH is 1. The average molecular weight is 908 g/mol. The first-order valence-electron chi connectivity index (χ1n) is 22.2. The number of amides is 1. The van der Waals surface area contributed by atoms with Crippen molar-refractivity contribution >= 4 is 41.4 Å². The minimum absolute atomic E-state index is 0.0886. The van der Waals surface area contributed by atoms with Crippen molar-refractivity contribution in [3.8, 4) is 0 Å². The molecule has 1 saturated heterocycles. The lowest BCUT2D eigenvalue weighted by atomic mass is 9.44. The molecule has 3 fully saturated rings. The Balaban J connectivity index is 1.42. The quantitative estimate of drug-likeness (QED) is 0.112. The van der Waals surface area contributed by atoms with Crippen molar-refractivity contribution < 1.29 is 67.5 Å². The summed E-state index contributed by atoms with van der Waals surface area (Å²) < 4.78 is 30.4. The Kier molecular flexibility index (Phi) is 13.3. The Labute approximate surface area is 383 Å². The van der Waals surface area contributed by atoms with E-state index < -0.39 is 118 Å². The zero-order valence-corrected chi connectivity index (χ0v) is 38.1. The van der Waals surface area contributed by atoms with E-state index >= 15 is 9.59 Å². The second-order valence-electron chi connectivity index (χ2n) is 18.6. The number of esters is 4. The summed E-state index contributed by atoms with van der Waals surface area (Å²) in [6.07, 6.45) is -8.84. The van der Waals surface area contributed by atoms with Crippen molar-refractivity contribution in [1.82, 2.24) is 5.32 Å². The van der Waals surface area contributed by atoms with Crippen LogP contribution in [-0.4, -0.2) is 99.9 Å². The Hall–Kier alpha value is -6.03. The van der Waals surface area contributed by atoms with E-state index in [1.165, 1.54) is 26.0 Å². The number of rotatable bonds is 13. The Morgan fingerprint density at radius 2 is 1.44 bits per heavy atom. The smallest absolute Gasteiger partial charge is 0.338 e. The number of Topliss-reactive ketones (excluding diaryl/α,β-unsaturated/α-hetero) is 2. The van der Waals surface area contributed by atoms with Crippen LogP contribution in [0, 0.1) is 22.7 Å². The predicted octanol–water partition coefficient (Wildman–Crippen LogP) is 5.36. The molecule has 350 valence electrons. The standard InChI is InChI=1S/C51H57NO14/c1-8-38(57)64-41(40(31-18-12-9-13-19-31)52-46(59)32-20-14-10-15-21-32)35(55)24-34-26-51(61)45(65-47(60)33-22-16-11-17-23-33)43-49(7,36(56)25-37-50(43,27-62-37)66-30(4)54)44(58)42(63-29(3)53)39(28(34)2)48(51,5)6/h9-23,34,36-37,40-43,45,56,61H,8,24-27H2,1-7H3,(H,52,59)/t34?,36-,37+,40?,41?,42+,43?,45?,49+,50-,51+/m0/s1. The molecule has 3 aromatic carbocycles. The highest BCUT2D eigenvalue weighted by molar-refractivity contribution is 5.97. The Morgan fingerprint density at radius 1 is 0.848 bits per heavy atom. The molecule has 3 aliphatic carbocycles. The number of hydrogen-bond donors (Lipinski definition) is 3. The van der Waals surface area contributed by atoms with Crippen LogP contribution in [0.15, 0.2) is 102 Å². The van der Waals surface area contributed by atoms with E-state index in [0.717, 1.165) is 6.92 Å². The van der Waals surface area contributed by atoms with Crippen LogP contribution in [0.1, 0.15) is 106 Å². The van der Waals surface area contributed by atoms with Gasteiger partial charge in [-0.25, -0.2) is 4.79 Å². The number of ether oxygens (including phenoxy) is 5. The molecule has 1 amide bonds. The summed E-state index contributed by atoms with van der Waals surface area (Å²) in [5.74, 6) is -7.86. The van der Waals surface area contributed by atoms with Crippen LogP contribution in [0.25, 0.3) is 0 Å². The lowest BCUT2D eigenvalue weighted by molar-refractivity contribution is -0.345. The van der Waals surface area contributed by atoms with E-state index in [1.54, 1.807) is 107 Å². The third-order valence-electron chi connectivity index (χ3n) is 14.5. The van der Waals surface area contributed by atoms with E-state index in [1.807, 2.05) is 0 Å². The van der Waals surface area contributed by atoms with Crippen LogP contribution in [0.3, 0.4) is 0 Å². The van der Waals surface area contributed by atoms with Gasteiger partial charge in [-0.05, 0) is 61.6 Å². The largest absolute Gasteiger partial charge is 0.455 e. The summed E-state index contributed by atoms with van der Waals surface area (Å²) in [6.45, 7) is 9.85. The third kappa shape index (κ3) is 8.25. The second-order valence-corrected chi connectivity index (χ2v) is 18.6. The van der Waals surface area contributed by atoms with Gasteiger partial charge in [-0.15, -0.1) is 0 Å². The first kappa shape index (κ1) is 47.9. The van der Waals surface area contributed by atoms with Crippen molar-refractivity contribution in [3.05, 3.63) is 119 Å². The van der Waals surface area contributed by atoms with Crippen LogP contribution in [0.4, 0.5) is 0 Å². The van der Waals surface area contributed by atoms with E-state index in [0.29, 0.717) is 11.1 Å². The molecule has 3 aromatic rings. The number of carbonyl (C=O) groups excluding carboxylic acids is 7. The minimum Gasteiger partial charge on any atom is -0.455 e. The first-order chi connectivity index (χ1) is 31.2. The molecule has 15 heteroatoms. The fourth-order valence-electron chi connectivity index (χ4n) is 11.0. The van der Waals surface area contributed by atoms with Gasteiger partial charge in [-0.1, -0.05) is 93.1 Å². The lowest BCUT2D eigenvalue weighted by Crippen LogP contribution is -2.81. The maximum atomic E-state index is 15.7. The summed E-state index contributed by atoms with van der Waals surface area (Å²) in [4.78, 5) is 98.5. The summed E-state index contributed by atoms with van der Waals surface area (Å²) in [6, 6.07) is 23.6. The fraction of sp³-hybridized carbons (Fsp3) is 0.471. The van der Waals surface area contributed by atoms with Gasteiger partial charge >= 0.3 is 23.9 Å². The lowest BCUT2D eigenvalue weighted by Gasteiger charge is -2.67. The number of benzene rings is 3. The maximum absolute atomic E-state index is 15.7. The molecule has 0 aromatic heterocycles. The van der Waals surface area contributed by atoms with Crippen LogP contribution >= 0.6 is 0 Å². The van der Waals surface area contributed by atoms with Crippen LogP contribution in [0.2, 0.25) is 0 Å².